The van der Waals surface area contributed by atoms with Crippen LogP contribution in [0.25, 0.3) is 11.3 Å². The molecule has 1 aromatic heterocycles. The molecular weight excluding hydrogens is 352 g/mol. The van der Waals surface area contributed by atoms with Crippen LogP contribution in [0.15, 0.2) is 24.3 Å². The van der Waals surface area contributed by atoms with Crippen LogP contribution in [0.2, 0.25) is 0 Å². The molecule has 2 aromatic rings. The fraction of sp³-hybridized carbons (Fsp3) is 0.444. The van der Waals surface area contributed by atoms with Gasteiger partial charge in [-0.05, 0) is 32.4 Å². The number of hydrogen-bond acceptors (Lipinski definition) is 4. The highest BCUT2D eigenvalue weighted by Gasteiger charge is 2.28. The number of piperazine rings is 1. The maximum atomic E-state index is 12.7. The van der Waals surface area contributed by atoms with Crippen molar-refractivity contribution in [3.63, 3.8) is 0 Å². The first kappa shape index (κ1) is 18.6. The molecule has 0 radical (unpaired) electrons. The van der Waals surface area contributed by atoms with Gasteiger partial charge in [0.25, 0.3) is 5.91 Å². The van der Waals surface area contributed by atoms with Crippen LogP contribution >= 0.6 is 0 Å². The van der Waals surface area contributed by atoms with Crippen molar-refractivity contribution in [2.75, 3.05) is 31.9 Å². The molecule has 1 fully saturated rings. The van der Waals surface area contributed by atoms with E-state index in [0.29, 0.717) is 31.9 Å². The van der Waals surface area contributed by atoms with E-state index in [-0.39, 0.29) is 11.7 Å². The Morgan fingerprint density at radius 3 is 2.46 bits per heavy atom. The van der Waals surface area contributed by atoms with Crippen molar-refractivity contribution >= 4 is 15.9 Å². The molecule has 1 aliphatic heterocycles. The van der Waals surface area contributed by atoms with E-state index >= 15 is 0 Å². The summed E-state index contributed by atoms with van der Waals surface area (Å²) in [6.07, 6.45) is 0. The molecule has 0 unspecified atom stereocenters. The van der Waals surface area contributed by atoms with Crippen molar-refractivity contribution < 1.29 is 13.2 Å². The lowest BCUT2D eigenvalue weighted by molar-refractivity contribution is 0.0692. The third-order valence-corrected chi connectivity index (χ3v) is 6.63. The van der Waals surface area contributed by atoms with Gasteiger partial charge < -0.3 is 4.90 Å². The van der Waals surface area contributed by atoms with Crippen LogP contribution in [0.4, 0.5) is 0 Å². The first-order valence-electron chi connectivity index (χ1n) is 8.72. The number of nitrogens with zero attached hydrogens (tertiary/aromatic N) is 3. The minimum Gasteiger partial charge on any atom is -0.335 e. The number of hydrogen-bond donors (Lipinski definition) is 1. The number of amides is 1. The Morgan fingerprint density at radius 2 is 1.85 bits per heavy atom. The van der Waals surface area contributed by atoms with E-state index in [4.69, 9.17) is 0 Å². The molecule has 1 N–H and O–H groups in total. The summed E-state index contributed by atoms with van der Waals surface area (Å²) in [4.78, 5) is 14.4. The van der Waals surface area contributed by atoms with E-state index in [0.717, 1.165) is 16.8 Å². The van der Waals surface area contributed by atoms with Gasteiger partial charge >= 0.3 is 0 Å². The molecule has 7 nitrogen and oxygen atoms in total. The second-order valence-corrected chi connectivity index (χ2v) is 8.83. The summed E-state index contributed by atoms with van der Waals surface area (Å²) in [6, 6.07) is 7.86. The lowest BCUT2D eigenvalue weighted by atomic mass is 10.0. The molecule has 140 valence electrons. The monoisotopic (exact) mass is 376 g/mol. The van der Waals surface area contributed by atoms with E-state index in [2.05, 4.69) is 16.3 Å². The minimum absolute atomic E-state index is 0.0841. The molecule has 0 saturated carbocycles. The topological polar surface area (TPSA) is 86.4 Å². The molecule has 26 heavy (non-hydrogen) atoms. The number of H-pyrrole nitrogens is 1. The molecule has 0 spiro atoms. The molecule has 0 atom stereocenters. The standard InChI is InChI=1S/C18H24N4O3S/c1-4-26(24,25)22-9-7-21(8-10-22)18(23)17-12-16(19-20-17)15-6-5-13(2)11-14(15)3/h5-6,11-12H,4,7-10H2,1-3H3,(H,19,20). The van der Waals surface area contributed by atoms with Crippen LogP contribution in [0.1, 0.15) is 28.5 Å². The van der Waals surface area contributed by atoms with Crippen LogP contribution in [0.5, 0.6) is 0 Å². The van der Waals surface area contributed by atoms with Crippen molar-refractivity contribution in [2.45, 2.75) is 20.8 Å². The number of carbonyl (C=O) groups is 1. The van der Waals surface area contributed by atoms with Gasteiger partial charge in [0.1, 0.15) is 5.69 Å². The second kappa shape index (κ2) is 7.20. The van der Waals surface area contributed by atoms with Gasteiger partial charge in [-0.1, -0.05) is 23.8 Å². The number of aromatic nitrogens is 2. The predicted octanol–water partition coefficient (Wildman–Crippen LogP) is 1.80. The Labute approximate surface area is 154 Å². The number of benzene rings is 1. The number of sulfonamides is 1. The number of aryl methyl sites for hydroxylation is 2. The SMILES string of the molecule is CCS(=O)(=O)N1CCN(C(=O)c2cc(-c3ccc(C)cc3C)n[nH]2)CC1. The van der Waals surface area contributed by atoms with Crippen LogP contribution < -0.4 is 0 Å². The highest BCUT2D eigenvalue weighted by molar-refractivity contribution is 7.89. The molecule has 0 bridgehead atoms. The molecule has 0 aliphatic carbocycles. The van der Waals surface area contributed by atoms with Crippen LogP contribution in [0, 0.1) is 13.8 Å². The van der Waals surface area contributed by atoms with Crippen LogP contribution in [0.3, 0.4) is 0 Å². The summed E-state index contributed by atoms with van der Waals surface area (Å²) in [7, 11) is -3.20. The Morgan fingerprint density at radius 1 is 1.15 bits per heavy atom. The Bertz CT molecular complexity index is 912. The molecule has 1 amide bonds. The third-order valence-electron chi connectivity index (χ3n) is 4.75. The predicted molar refractivity (Wildman–Crippen MR) is 100 cm³/mol. The maximum Gasteiger partial charge on any atom is 0.271 e. The van der Waals surface area contributed by atoms with Gasteiger partial charge in [0.15, 0.2) is 0 Å². The van der Waals surface area contributed by atoms with E-state index < -0.39 is 10.0 Å². The summed E-state index contributed by atoms with van der Waals surface area (Å²) in [5.41, 5.74) is 4.43. The Kier molecular flexibility index (Phi) is 5.15. The van der Waals surface area contributed by atoms with Gasteiger partial charge in [0.05, 0.1) is 11.4 Å². The smallest absolute Gasteiger partial charge is 0.271 e. The van der Waals surface area contributed by atoms with E-state index in [1.807, 2.05) is 26.0 Å². The van der Waals surface area contributed by atoms with Gasteiger partial charge in [0.2, 0.25) is 10.0 Å². The first-order chi connectivity index (χ1) is 12.3. The summed E-state index contributed by atoms with van der Waals surface area (Å²) < 4.78 is 25.3. The van der Waals surface area contributed by atoms with Crippen LogP contribution in [-0.4, -0.2) is 65.7 Å². The van der Waals surface area contributed by atoms with Gasteiger partial charge in [-0.3, -0.25) is 9.89 Å². The first-order valence-corrected chi connectivity index (χ1v) is 10.3. The summed E-state index contributed by atoms with van der Waals surface area (Å²) in [6.45, 7) is 7.12. The average Bonchev–Trinajstić information content (AvgIpc) is 3.11. The lowest BCUT2D eigenvalue weighted by Crippen LogP contribution is -2.50. The van der Waals surface area contributed by atoms with Gasteiger partial charge in [0, 0.05) is 31.7 Å². The summed E-state index contributed by atoms with van der Waals surface area (Å²) in [5, 5.41) is 7.10. The molecule has 2 heterocycles. The zero-order valence-corrected chi connectivity index (χ0v) is 16.1. The lowest BCUT2D eigenvalue weighted by Gasteiger charge is -2.33. The van der Waals surface area contributed by atoms with Gasteiger partial charge in [-0.2, -0.15) is 9.40 Å². The average molecular weight is 376 g/mol. The highest BCUT2D eigenvalue weighted by atomic mass is 32.2. The van der Waals surface area contributed by atoms with Gasteiger partial charge in [-0.15, -0.1) is 0 Å². The zero-order valence-electron chi connectivity index (χ0n) is 15.3. The number of aromatic amines is 1. The molecule has 3 rings (SSSR count). The number of nitrogens with one attached hydrogen (secondary N) is 1. The largest absolute Gasteiger partial charge is 0.335 e. The number of rotatable bonds is 4. The highest BCUT2D eigenvalue weighted by Crippen LogP contribution is 2.23. The van der Waals surface area contributed by atoms with Crippen molar-refractivity contribution in [2.24, 2.45) is 0 Å². The Hall–Kier alpha value is -2.19. The fourth-order valence-corrected chi connectivity index (χ4v) is 4.28. The summed E-state index contributed by atoms with van der Waals surface area (Å²) in [5.74, 6) is -0.0668. The summed E-state index contributed by atoms with van der Waals surface area (Å²) >= 11 is 0. The maximum absolute atomic E-state index is 12.7. The third kappa shape index (κ3) is 3.66. The van der Waals surface area contributed by atoms with Crippen molar-refractivity contribution in [3.8, 4) is 11.3 Å². The van der Waals surface area contributed by atoms with Crippen molar-refractivity contribution in [3.05, 3.63) is 41.1 Å². The Balaban J connectivity index is 1.71. The van der Waals surface area contributed by atoms with E-state index in [1.165, 1.54) is 9.87 Å². The fourth-order valence-electron chi connectivity index (χ4n) is 3.19. The van der Waals surface area contributed by atoms with E-state index in [9.17, 15) is 13.2 Å². The molecule has 1 aliphatic rings. The normalized spacial score (nSPS) is 16.0. The van der Waals surface area contributed by atoms with Crippen LogP contribution in [-0.2, 0) is 10.0 Å². The second-order valence-electron chi connectivity index (χ2n) is 6.58. The molecule has 8 heteroatoms. The molecular formula is C18H24N4O3S. The quantitative estimate of drug-likeness (QED) is 0.882. The molecule has 1 aromatic carbocycles. The zero-order chi connectivity index (χ0) is 18.9. The van der Waals surface area contributed by atoms with Gasteiger partial charge in [-0.25, -0.2) is 8.42 Å². The number of carbonyl (C=O) groups excluding carboxylic acids is 1. The van der Waals surface area contributed by atoms with E-state index in [1.54, 1.807) is 17.9 Å². The molecule has 1 saturated heterocycles. The van der Waals surface area contributed by atoms with Crippen molar-refractivity contribution in [1.82, 2.24) is 19.4 Å². The van der Waals surface area contributed by atoms with Crippen molar-refractivity contribution in [1.29, 1.82) is 0 Å². The minimum atomic E-state index is -3.20.